The molecule has 0 aliphatic heterocycles. The van der Waals surface area contributed by atoms with Crippen molar-refractivity contribution in [1.82, 2.24) is 16.0 Å². The van der Waals surface area contributed by atoms with Gasteiger partial charge in [-0.15, -0.1) is 0 Å². The lowest BCUT2D eigenvalue weighted by atomic mass is 9.97. The van der Waals surface area contributed by atoms with Gasteiger partial charge in [0.05, 0.1) is 12.5 Å². The van der Waals surface area contributed by atoms with Crippen molar-refractivity contribution in [1.29, 1.82) is 0 Å². The van der Waals surface area contributed by atoms with Crippen molar-refractivity contribution in [2.24, 2.45) is 23.5 Å². The maximum absolute atomic E-state index is 12.8. The largest absolute Gasteiger partial charge is 0.481 e. The summed E-state index contributed by atoms with van der Waals surface area (Å²) in [5.74, 6) is -5.01. The average molecular weight is 473 g/mol. The first-order chi connectivity index (χ1) is 15.2. The second-order valence-electron chi connectivity index (χ2n) is 9.30. The Morgan fingerprint density at radius 1 is 0.758 bits per heavy atom. The molecule has 3 amide bonds. The molecule has 33 heavy (non-hydrogen) atoms. The normalized spacial score (nSPS) is 15.8. The van der Waals surface area contributed by atoms with Gasteiger partial charge in [-0.05, 0) is 30.6 Å². The van der Waals surface area contributed by atoms with Crippen LogP contribution in [0.3, 0.4) is 0 Å². The third-order valence-electron chi connectivity index (χ3n) is 5.19. The summed E-state index contributed by atoms with van der Waals surface area (Å²) in [4.78, 5) is 60.8. The molecule has 0 bridgehead atoms. The zero-order valence-electron chi connectivity index (χ0n) is 20.4. The molecule has 0 heterocycles. The van der Waals surface area contributed by atoms with Gasteiger partial charge in [-0.3, -0.25) is 19.2 Å². The van der Waals surface area contributed by atoms with Crippen LogP contribution in [0.5, 0.6) is 0 Å². The second-order valence-corrected chi connectivity index (χ2v) is 9.30. The lowest BCUT2D eigenvalue weighted by molar-refractivity contribution is -0.144. The van der Waals surface area contributed by atoms with Gasteiger partial charge in [0.2, 0.25) is 17.7 Å². The predicted molar refractivity (Wildman–Crippen MR) is 122 cm³/mol. The number of carbonyl (C=O) groups is 5. The molecule has 0 radical (unpaired) electrons. The highest BCUT2D eigenvalue weighted by molar-refractivity contribution is 5.95. The Bertz CT molecular complexity index is 696. The van der Waals surface area contributed by atoms with Crippen molar-refractivity contribution in [2.75, 3.05) is 0 Å². The fraction of sp³-hybridized carbons (Fsp3) is 0.773. The van der Waals surface area contributed by atoms with E-state index in [2.05, 4.69) is 16.0 Å². The smallest absolute Gasteiger partial charge is 0.326 e. The van der Waals surface area contributed by atoms with Crippen LogP contribution in [0.1, 0.15) is 67.2 Å². The number of rotatable bonds is 15. The van der Waals surface area contributed by atoms with Gasteiger partial charge in [0.25, 0.3) is 0 Å². The van der Waals surface area contributed by atoms with Gasteiger partial charge < -0.3 is 31.9 Å². The average Bonchev–Trinajstić information content (AvgIpc) is 2.68. The summed E-state index contributed by atoms with van der Waals surface area (Å²) in [6.07, 6.45) is 0.344. The van der Waals surface area contributed by atoms with E-state index in [1.807, 2.05) is 27.7 Å². The molecule has 0 saturated carbocycles. The third-order valence-corrected chi connectivity index (χ3v) is 5.19. The molecule has 7 N–H and O–H groups in total. The minimum atomic E-state index is -1.44. The van der Waals surface area contributed by atoms with E-state index < -0.39 is 60.2 Å². The van der Waals surface area contributed by atoms with Crippen molar-refractivity contribution in [2.45, 2.75) is 91.4 Å². The molecule has 0 aromatic rings. The molecule has 0 fully saturated rings. The molecule has 5 atom stereocenters. The molecular formula is C22H40N4O7. The third kappa shape index (κ3) is 11.7. The Hall–Kier alpha value is -2.69. The fourth-order valence-electron chi connectivity index (χ4n) is 3.19. The highest BCUT2D eigenvalue weighted by Gasteiger charge is 2.33. The number of carbonyl (C=O) groups excluding carboxylic acids is 3. The van der Waals surface area contributed by atoms with Crippen LogP contribution in [0.15, 0.2) is 0 Å². The maximum atomic E-state index is 12.8. The Morgan fingerprint density at radius 3 is 1.67 bits per heavy atom. The summed E-state index contributed by atoms with van der Waals surface area (Å²) in [6, 6.07) is -4.62. The van der Waals surface area contributed by atoms with Crippen molar-refractivity contribution in [3.05, 3.63) is 0 Å². The summed E-state index contributed by atoms with van der Waals surface area (Å²) in [5.41, 5.74) is 5.83. The van der Waals surface area contributed by atoms with E-state index in [1.54, 1.807) is 13.8 Å². The van der Waals surface area contributed by atoms with E-state index in [-0.39, 0.29) is 24.2 Å². The summed E-state index contributed by atoms with van der Waals surface area (Å²) in [6.45, 7) is 10.9. The van der Waals surface area contributed by atoms with Crippen LogP contribution in [0.25, 0.3) is 0 Å². The summed E-state index contributed by atoms with van der Waals surface area (Å²) < 4.78 is 0. The first-order valence-corrected chi connectivity index (χ1v) is 11.3. The van der Waals surface area contributed by atoms with Gasteiger partial charge >= 0.3 is 11.9 Å². The Morgan fingerprint density at radius 2 is 1.24 bits per heavy atom. The monoisotopic (exact) mass is 472 g/mol. The number of carboxylic acids is 2. The van der Waals surface area contributed by atoms with Crippen molar-refractivity contribution >= 4 is 29.7 Å². The molecule has 5 unspecified atom stereocenters. The minimum absolute atomic E-state index is 0.0418. The number of aliphatic carboxylic acids is 2. The molecule has 11 nitrogen and oxygen atoms in total. The molecule has 0 aliphatic carbocycles. The first kappa shape index (κ1) is 30.3. The van der Waals surface area contributed by atoms with Crippen LogP contribution in [-0.2, 0) is 24.0 Å². The van der Waals surface area contributed by atoms with Crippen LogP contribution >= 0.6 is 0 Å². The van der Waals surface area contributed by atoms with Gasteiger partial charge in [0.1, 0.15) is 18.1 Å². The first-order valence-electron chi connectivity index (χ1n) is 11.3. The van der Waals surface area contributed by atoms with E-state index in [9.17, 15) is 34.2 Å². The molecule has 11 heteroatoms. The molecule has 0 saturated heterocycles. The quantitative estimate of drug-likeness (QED) is 0.198. The van der Waals surface area contributed by atoms with Gasteiger partial charge in [0, 0.05) is 0 Å². The SMILES string of the molecule is CCC(C)C(NC(=O)C(CC(C)C)NC(=O)C(CC(=O)O)NC(=O)C(N)CC(C)C)C(=O)O. The summed E-state index contributed by atoms with van der Waals surface area (Å²) >= 11 is 0. The Kier molecular flexibility index (Phi) is 13.3. The number of carboxylic acid groups (broad SMARTS) is 2. The van der Waals surface area contributed by atoms with E-state index in [0.29, 0.717) is 12.8 Å². The molecule has 0 aromatic carbocycles. The molecular weight excluding hydrogens is 432 g/mol. The maximum Gasteiger partial charge on any atom is 0.326 e. The fourth-order valence-corrected chi connectivity index (χ4v) is 3.19. The van der Waals surface area contributed by atoms with E-state index in [4.69, 9.17) is 5.73 Å². The van der Waals surface area contributed by atoms with E-state index in [1.165, 1.54) is 0 Å². The zero-order valence-corrected chi connectivity index (χ0v) is 20.4. The number of hydrogen-bond donors (Lipinski definition) is 6. The number of amides is 3. The number of hydrogen-bond acceptors (Lipinski definition) is 6. The van der Waals surface area contributed by atoms with Crippen molar-refractivity contribution < 1.29 is 34.2 Å². The Labute approximate surface area is 195 Å². The molecule has 190 valence electrons. The lowest BCUT2D eigenvalue weighted by Crippen LogP contribution is -2.58. The standard InChI is InChI=1S/C22H40N4O7/c1-7-13(6)18(22(32)33)26-21(31)15(9-12(4)5)25-20(30)16(10-17(27)28)24-19(29)14(23)8-11(2)3/h11-16,18H,7-10,23H2,1-6H3,(H,24,29)(H,25,30)(H,26,31)(H,27,28)(H,32,33). The van der Waals surface area contributed by atoms with Gasteiger partial charge in [-0.1, -0.05) is 48.0 Å². The molecule has 0 aliphatic rings. The zero-order chi connectivity index (χ0) is 25.9. The highest BCUT2D eigenvalue weighted by atomic mass is 16.4. The lowest BCUT2D eigenvalue weighted by Gasteiger charge is -2.27. The van der Waals surface area contributed by atoms with E-state index in [0.717, 1.165) is 0 Å². The van der Waals surface area contributed by atoms with Gasteiger partial charge in [-0.2, -0.15) is 0 Å². The highest BCUT2D eigenvalue weighted by Crippen LogP contribution is 2.11. The van der Waals surface area contributed by atoms with E-state index >= 15 is 0 Å². The van der Waals surface area contributed by atoms with Crippen LogP contribution in [0.2, 0.25) is 0 Å². The number of nitrogens with one attached hydrogen (secondary N) is 3. The van der Waals surface area contributed by atoms with Crippen LogP contribution < -0.4 is 21.7 Å². The Balaban J connectivity index is 5.56. The molecule has 0 aromatic heterocycles. The van der Waals surface area contributed by atoms with Gasteiger partial charge in [0.15, 0.2) is 0 Å². The predicted octanol–water partition coefficient (Wildman–Crippen LogP) is 0.466. The second kappa shape index (κ2) is 14.5. The van der Waals surface area contributed by atoms with Crippen LogP contribution in [0.4, 0.5) is 0 Å². The summed E-state index contributed by atoms with van der Waals surface area (Å²) in [5, 5.41) is 25.9. The molecule has 0 spiro atoms. The topological polar surface area (TPSA) is 188 Å². The summed E-state index contributed by atoms with van der Waals surface area (Å²) in [7, 11) is 0. The molecule has 0 rings (SSSR count). The van der Waals surface area contributed by atoms with Crippen molar-refractivity contribution in [3.63, 3.8) is 0 Å². The minimum Gasteiger partial charge on any atom is -0.481 e. The number of nitrogens with two attached hydrogens (primary N) is 1. The van der Waals surface area contributed by atoms with Crippen molar-refractivity contribution in [3.8, 4) is 0 Å². The van der Waals surface area contributed by atoms with Crippen LogP contribution in [-0.4, -0.2) is 64.0 Å². The van der Waals surface area contributed by atoms with Gasteiger partial charge in [-0.25, -0.2) is 4.79 Å². The van der Waals surface area contributed by atoms with Crippen LogP contribution in [0, 0.1) is 17.8 Å².